The normalized spacial score (nSPS) is 12.2. The second-order valence-corrected chi connectivity index (χ2v) is 2.34. The fourth-order valence-electron chi connectivity index (χ4n) is 0.785. The van der Waals surface area contributed by atoms with E-state index < -0.39 is 23.7 Å². The summed E-state index contributed by atoms with van der Waals surface area (Å²) in [6.45, 7) is 0. The van der Waals surface area contributed by atoms with Crippen LogP contribution >= 0.6 is 0 Å². The zero-order valence-electron chi connectivity index (χ0n) is 6.20. The molecule has 0 aliphatic heterocycles. The maximum atomic E-state index is 11.9. The van der Waals surface area contributed by atoms with E-state index in [-0.39, 0.29) is 0 Å². The highest BCUT2D eigenvalue weighted by molar-refractivity contribution is 5.29. The largest absolute Gasteiger partial charge is 0.416 e. The Bertz CT molecular complexity index is 272. The van der Waals surface area contributed by atoms with Crippen molar-refractivity contribution >= 4 is 0 Å². The van der Waals surface area contributed by atoms with Crippen LogP contribution in [0.5, 0.6) is 0 Å². The number of alkyl halides is 3. The molecule has 0 aliphatic rings. The third-order valence-electron chi connectivity index (χ3n) is 1.43. The minimum absolute atomic E-state index is 0.493. The van der Waals surface area contributed by atoms with Crippen molar-refractivity contribution in [2.24, 2.45) is 0 Å². The number of benzene rings is 1. The minimum atomic E-state index is -4.48. The van der Waals surface area contributed by atoms with Crippen LogP contribution in [0.2, 0.25) is 0 Å². The SMILES string of the molecule is F[C](F)c1ccc(C(F)(F)F)cc1. The summed E-state index contributed by atoms with van der Waals surface area (Å²) in [7, 11) is 0. The van der Waals surface area contributed by atoms with Gasteiger partial charge in [-0.05, 0) is 12.1 Å². The standard InChI is InChI=1S/C8H4F5/c9-7(10)5-1-3-6(4-2-5)8(11,12)13/h1-4H. The fraction of sp³-hybridized carbons (Fsp3) is 0.125. The Morgan fingerprint density at radius 3 is 1.69 bits per heavy atom. The monoisotopic (exact) mass is 195 g/mol. The molecule has 1 aromatic rings. The molecule has 13 heavy (non-hydrogen) atoms. The van der Waals surface area contributed by atoms with E-state index in [1.807, 2.05) is 0 Å². The third kappa shape index (κ3) is 2.40. The van der Waals surface area contributed by atoms with E-state index in [4.69, 9.17) is 0 Å². The van der Waals surface area contributed by atoms with E-state index in [9.17, 15) is 22.0 Å². The summed E-state index contributed by atoms with van der Waals surface area (Å²) in [6, 6.07) is 2.71. The number of hydrogen-bond acceptors (Lipinski definition) is 0. The van der Waals surface area contributed by atoms with Gasteiger partial charge in [-0.1, -0.05) is 12.1 Å². The predicted molar refractivity (Wildman–Crippen MR) is 36.0 cm³/mol. The first-order chi connectivity index (χ1) is 5.91. The Balaban J connectivity index is 2.94. The summed E-state index contributed by atoms with van der Waals surface area (Å²) >= 11 is 0. The molecule has 1 radical (unpaired) electrons. The molecule has 0 fully saturated rings. The van der Waals surface area contributed by atoms with Crippen LogP contribution in [0.15, 0.2) is 24.3 Å². The van der Waals surface area contributed by atoms with Crippen molar-refractivity contribution in [3.8, 4) is 0 Å². The lowest BCUT2D eigenvalue weighted by atomic mass is 10.1. The quantitative estimate of drug-likeness (QED) is 0.601. The average molecular weight is 195 g/mol. The first kappa shape index (κ1) is 9.95. The Morgan fingerprint density at radius 2 is 1.38 bits per heavy atom. The molecule has 5 heteroatoms. The Labute approximate surface area is 71.0 Å². The van der Waals surface area contributed by atoms with Gasteiger partial charge < -0.3 is 0 Å². The van der Waals surface area contributed by atoms with E-state index in [1.54, 1.807) is 0 Å². The van der Waals surface area contributed by atoms with Gasteiger partial charge in [0.2, 0.25) is 0 Å². The molecular formula is C8H4F5. The van der Waals surface area contributed by atoms with Crippen molar-refractivity contribution in [3.05, 3.63) is 41.8 Å². The first-order valence-corrected chi connectivity index (χ1v) is 3.27. The highest BCUT2D eigenvalue weighted by Crippen LogP contribution is 2.30. The summed E-state index contributed by atoms with van der Waals surface area (Å²) in [6.07, 6.45) is -6.47. The molecule has 0 saturated carbocycles. The zero-order chi connectivity index (χ0) is 10.1. The second-order valence-electron chi connectivity index (χ2n) is 2.34. The molecule has 0 amide bonds. The summed E-state index contributed by atoms with van der Waals surface area (Å²) < 4.78 is 59.4. The number of hydrogen-bond donors (Lipinski definition) is 0. The minimum Gasteiger partial charge on any atom is -0.194 e. The lowest BCUT2D eigenvalue weighted by molar-refractivity contribution is -0.137. The van der Waals surface area contributed by atoms with E-state index in [0.29, 0.717) is 12.1 Å². The van der Waals surface area contributed by atoms with Gasteiger partial charge in [0.1, 0.15) is 0 Å². The van der Waals surface area contributed by atoms with Gasteiger partial charge in [-0.15, -0.1) is 0 Å². The van der Waals surface area contributed by atoms with E-state index in [1.165, 1.54) is 0 Å². The Morgan fingerprint density at radius 1 is 0.923 bits per heavy atom. The van der Waals surface area contributed by atoms with Gasteiger partial charge in [-0.3, -0.25) is 0 Å². The molecule has 0 aliphatic carbocycles. The van der Waals surface area contributed by atoms with E-state index in [2.05, 4.69) is 0 Å². The summed E-state index contributed by atoms with van der Waals surface area (Å²) in [5.41, 5.74) is -1.43. The van der Waals surface area contributed by atoms with Crippen molar-refractivity contribution in [2.75, 3.05) is 0 Å². The molecule has 71 valence electrons. The second kappa shape index (κ2) is 3.32. The molecule has 0 saturated heterocycles. The average Bonchev–Trinajstić information content (AvgIpc) is 2.03. The van der Waals surface area contributed by atoms with Gasteiger partial charge in [-0.2, -0.15) is 22.0 Å². The lowest BCUT2D eigenvalue weighted by Crippen LogP contribution is -2.04. The lowest BCUT2D eigenvalue weighted by Gasteiger charge is -2.06. The van der Waals surface area contributed by atoms with Crippen molar-refractivity contribution in [1.29, 1.82) is 0 Å². The molecule has 0 N–H and O–H groups in total. The van der Waals surface area contributed by atoms with Gasteiger partial charge in [-0.25, -0.2) is 0 Å². The van der Waals surface area contributed by atoms with E-state index in [0.717, 1.165) is 12.1 Å². The predicted octanol–water partition coefficient (Wildman–Crippen LogP) is 3.48. The maximum Gasteiger partial charge on any atom is 0.416 e. The van der Waals surface area contributed by atoms with Crippen LogP contribution < -0.4 is 0 Å². The van der Waals surface area contributed by atoms with Gasteiger partial charge >= 0.3 is 12.6 Å². The van der Waals surface area contributed by atoms with Crippen LogP contribution in [-0.4, -0.2) is 0 Å². The van der Waals surface area contributed by atoms with Crippen LogP contribution in [0, 0.1) is 6.43 Å². The number of halogens is 5. The van der Waals surface area contributed by atoms with Gasteiger partial charge in [0.05, 0.1) is 5.56 Å². The van der Waals surface area contributed by atoms with Crippen LogP contribution in [-0.2, 0) is 6.18 Å². The molecule has 0 aromatic heterocycles. The van der Waals surface area contributed by atoms with E-state index >= 15 is 0 Å². The molecule has 0 unspecified atom stereocenters. The van der Waals surface area contributed by atoms with Crippen LogP contribution in [0.3, 0.4) is 0 Å². The molecule has 0 nitrogen and oxygen atoms in total. The smallest absolute Gasteiger partial charge is 0.194 e. The molecule has 1 aromatic carbocycles. The molecule has 1 rings (SSSR count). The van der Waals surface area contributed by atoms with Crippen molar-refractivity contribution in [1.82, 2.24) is 0 Å². The summed E-state index contributed by atoms with van der Waals surface area (Å²) in [4.78, 5) is 0. The number of rotatable bonds is 1. The zero-order valence-corrected chi connectivity index (χ0v) is 6.20. The summed E-state index contributed by atoms with van der Waals surface area (Å²) in [5, 5.41) is 0. The maximum absolute atomic E-state index is 11.9. The Kier molecular flexibility index (Phi) is 2.54. The van der Waals surface area contributed by atoms with Gasteiger partial charge in [0, 0.05) is 5.56 Å². The molecular weight excluding hydrogens is 191 g/mol. The Hall–Kier alpha value is -1.13. The third-order valence-corrected chi connectivity index (χ3v) is 1.43. The van der Waals surface area contributed by atoms with Crippen LogP contribution in [0.4, 0.5) is 22.0 Å². The first-order valence-electron chi connectivity index (χ1n) is 3.27. The van der Waals surface area contributed by atoms with Crippen molar-refractivity contribution in [3.63, 3.8) is 0 Å². The summed E-state index contributed by atoms with van der Waals surface area (Å²) in [5.74, 6) is 0. The van der Waals surface area contributed by atoms with Crippen LogP contribution in [0.25, 0.3) is 0 Å². The van der Waals surface area contributed by atoms with Crippen molar-refractivity contribution < 1.29 is 22.0 Å². The highest BCUT2D eigenvalue weighted by atomic mass is 19.4. The molecule has 0 bridgehead atoms. The molecule has 0 heterocycles. The fourth-order valence-corrected chi connectivity index (χ4v) is 0.785. The molecule has 0 spiro atoms. The van der Waals surface area contributed by atoms with Crippen LogP contribution in [0.1, 0.15) is 11.1 Å². The molecule has 0 atom stereocenters. The topological polar surface area (TPSA) is 0 Å². The van der Waals surface area contributed by atoms with Crippen molar-refractivity contribution in [2.45, 2.75) is 6.18 Å². The highest BCUT2D eigenvalue weighted by Gasteiger charge is 2.30. The van der Waals surface area contributed by atoms with Gasteiger partial charge in [0.15, 0.2) is 0 Å². The van der Waals surface area contributed by atoms with Gasteiger partial charge in [0.25, 0.3) is 0 Å².